The molecule has 0 spiro atoms. The van der Waals surface area contributed by atoms with Crippen LogP contribution in [-0.2, 0) is 9.47 Å². The first-order valence-electron chi connectivity index (χ1n) is 12.7. The zero-order chi connectivity index (χ0) is 24.8. The fourth-order valence-electron chi connectivity index (χ4n) is 4.28. The topological polar surface area (TPSA) is 75.7 Å². The minimum Gasteiger partial charge on any atom is -0.361 e. The summed E-state index contributed by atoms with van der Waals surface area (Å²) in [5.74, 6) is 1.83. The molecule has 0 saturated heterocycles. The first-order valence-corrected chi connectivity index (χ1v) is 20.1. The molecule has 1 fully saturated rings. The van der Waals surface area contributed by atoms with Gasteiger partial charge in [-0.3, -0.25) is 0 Å². The number of nitrogens with zero attached hydrogens (tertiary/aromatic N) is 5. The Balaban J connectivity index is 1.79. The molecule has 2 heterocycles. The number of ether oxygens (including phenoxy) is 2. The van der Waals surface area contributed by atoms with Gasteiger partial charge in [0.25, 0.3) is 0 Å². The minimum atomic E-state index is -1.15. The molecule has 2 aromatic heterocycles. The SMILES string of the molecule is C[Si](C)(C)CCOCN(COCC[Si](C)(C)C)c1cc(C2CCC(CC#N)C2)nc2ccnn12. The lowest BCUT2D eigenvalue weighted by atomic mass is 9.99. The van der Waals surface area contributed by atoms with Gasteiger partial charge in [-0.2, -0.15) is 14.9 Å². The van der Waals surface area contributed by atoms with E-state index in [4.69, 9.17) is 19.7 Å². The Morgan fingerprint density at radius 2 is 1.71 bits per heavy atom. The second-order valence-electron chi connectivity index (χ2n) is 12.1. The Kier molecular flexibility index (Phi) is 9.32. The lowest BCUT2D eigenvalue weighted by Crippen LogP contribution is -2.33. The molecule has 0 aromatic carbocycles. The van der Waals surface area contributed by atoms with Crippen LogP contribution in [0.5, 0.6) is 0 Å². The van der Waals surface area contributed by atoms with E-state index >= 15 is 0 Å². The normalized spacial score (nSPS) is 19.0. The number of rotatable bonds is 13. The first kappa shape index (κ1) is 26.9. The van der Waals surface area contributed by atoms with Crippen LogP contribution in [0, 0.1) is 17.2 Å². The van der Waals surface area contributed by atoms with Crippen LogP contribution in [0.2, 0.25) is 51.4 Å². The molecular weight excluding hydrogens is 458 g/mol. The third-order valence-electron chi connectivity index (χ3n) is 6.51. The molecule has 2 atom stereocenters. The molecule has 1 aliphatic carbocycles. The van der Waals surface area contributed by atoms with Gasteiger partial charge in [0.15, 0.2) is 5.65 Å². The summed E-state index contributed by atoms with van der Waals surface area (Å²) < 4.78 is 14.2. The highest BCUT2D eigenvalue weighted by molar-refractivity contribution is 6.76. The molecule has 188 valence electrons. The van der Waals surface area contributed by atoms with Crippen LogP contribution in [0.15, 0.2) is 18.3 Å². The smallest absolute Gasteiger partial charge is 0.157 e. The summed E-state index contributed by atoms with van der Waals surface area (Å²) >= 11 is 0. The average molecular weight is 502 g/mol. The molecule has 1 aliphatic rings. The number of hydrogen-bond acceptors (Lipinski definition) is 6. The summed E-state index contributed by atoms with van der Waals surface area (Å²) in [7, 11) is -2.31. The summed E-state index contributed by atoms with van der Waals surface area (Å²) in [4.78, 5) is 7.09. The summed E-state index contributed by atoms with van der Waals surface area (Å²) in [5, 5.41) is 13.7. The molecule has 2 aromatic rings. The molecule has 34 heavy (non-hydrogen) atoms. The lowest BCUT2D eigenvalue weighted by molar-refractivity contribution is 0.0942. The summed E-state index contributed by atoms with van der Waals surface area (Å²) in [5.41, 5.74) is 1.95. The van der Waals surface area contributed by atoms with Gasteiger partial charge in [0.05, 0.1) is 12.3 Å². The van der Waals surface area contributed by atoms with E-state index in [1.165, 1.54) is 0 Å². The molecule has 0 N–H and O–H groups in total. The van der Waals surface area contributed by atoms with Crippen LogP contribution in [0.25, 0.3) is 5.65 Å². The quantitative estimate of drug-likeness (QED) is 0.191. The Labute approximate surface area is 207 Å². The van der Waals surface area contributed by atoms with E-state index in [-0.39, 0.29) is 0 Å². The average Bonchev–Trinajstić information content (AvgIpc) is 3.40. The predicted octanol–water partition coefficient (Wildman–Crippen LogP) is 5.96. The highest BCUT2D eigenvalue weighted by Gasteiger charge is 2.28. The fourth-order valence-corrected chi connectivity index (χ4v) is 5.80. The molecule has 0 aliphatic heterocycles. The third kappa shape index (κ3) is 8.19. The summed E-state index contributed by atoms with van der Waals surface area (Å²) in [6.45, 7) is 16.7. The lowest BCUT2D eigenvalue weighted by Gasteiger charge is -2.27. The van der Waals surface area contributed by atoms with Gasteiger partial charge in [0.2, 0.25) is 0 Å². The van der Waals surface area contributed by atoms with Crippen molar-refractivity contribution < 1.29 is 9.47 Å². The van der Waals surface area contributed by atoms with E-state index in [2.05, 4.69) is 61.4 Å². The monoisotopic (exact) mass is 501 g/mol. The van der Waals surface area contributed by atoms with Gasteiger partial charge in [-0.05, 0) is 37.3 Å². The molecule has 2 unspecified atom stereocenters. The highest BCUT2D eigenvalue weighted by Crippen LogP contribution is 2.40. The van der Waals surface area contributed by atoms with Crippen LogP contribution in [0.1, 0.15) is 37.3 Å². The van der Waals surface area contributed by atoms with Crippen molar-refractivity contribution in [2.75, 3.05) is 31.6 Å². The number of anilines is 1. The first-order chi connectivity index (χ1) is 16.1. The molecule has 7 nitrogen and oxygen atoms in total. The predicted molar refractivity (Wildman–Crippen MR) is 144 cm³/mol. The maximum atomic E-state index is 9.11. The molecule has 0 bridgehead atoms. The van der Waals surface area contributed by atoms with E-state index in [1.807, 2.05) is 10.6 Å². The fraction of sp³-hybridized carbons (Fsp3) is 0.720. The van der Waals surface area contributed by atoms with E-state index in [0.29, 0.717) is 31.7 Å². The van der Waals surface area contributed by atoms with Crippen LogP contribution < -0.4 is 4.90 Å². The maximum Gasteiger partial charge on any atom is 0.157 e. The van der Waals surface area contributed by atoms with Gasteiger partial charge in [-0.25, -0.2) is 4.98 Å². The molecule has 3 rings (SSSR count). The van der Waals surface area contributed by atoms with Gasteiger partial charge in [0.1, 0.15) is 19.3 Å². The van der Waals surface area contributed by atoms with Gasteiger partial charge in [-0.1, -0.05) is 39.3 Å². The van der Waals surface area contributed by atoms with Gasteiger partial charge < -0.3 is 14.4 Å². The zero-order valence-electron chi connectivity index (χ0n) is 22.0. The number of aromatic nitrogens is 3. The van der Waals surface area contributed by atoms with E-state index in [0.717, 1.165) is 61.7 Å². The van der Waals surface area contributed by atoms with Crippen molar-refractivity contribution in [2.24, 2.45) is 5.92 Å². The molecule has 0 amide bonds. The van der Waals surface area contributed by atoms with E-state index in [9.17, 15) is 0 Å². The van der Waals surface area contributed by atoms with Crippen LogP contribution >= 0.6 is 0 Å². The maximum absolute atomic E-state index is 9.11. The minimum absolute atomic E-state index is 0.388. The van der Waals surface area contributed by atoms with Crippen LogP contribution in [0.4, 0.5) is 5.82 Å². The summed E-state index contributed by atoms with van der Waals surface area (Å²) in [6, 6.07) is 8.75. The van der Waals surface area contributed by atoms with Crippen molar-refractivity contribution in [3.63, 3.8) is 0 Å². The van der Waals surface area contributed by atoms with Crippen molar-refractivity contribution in [3.05, 3.63) is 24.0 Å². The van der Waals surface area contributed by atoms with Gasteiger partial charge in [-0.15, -0.1) is 0 Å². The van der Waals surface area contributed by atoms with Crippen LogP contribution in [-0.4, -0.2) is 57.4 Å². The number of hydrogen-bond donors (Lipinski definition) is 0. The second kappa shape index (κ2) is 11.8. The van der Waals surface area contributed by atoms with Crippen molar-refractivity contribution in [3.8, 4) is 6.07 Å². The van der Waals surface area contributed by atoms with E-state index < -0.39 is 16.1 Å². The second-order valence-corrected chi connectivity index (χ2v) is 23.4. The van der Waals surface area contributed by atoms with Crippen molar-refractivity contribution in [1.82, 2.24) is 14.6 Å². The van der Waals surface area contributed by atoms with Gasteiger partial charge >= 0.3 is 0 Å². The highest BCUT2D eigenvalue weighted by atomic mass is 28.3. The van der Waals surface area contributed by atoms with Crippen molar-refractivity contribution >= 4 is 27.6 Å². The largest absolute Gasteiger partial charge is 0.361 e. The Hall–Kier alpha value is -1.74. The zero-order valence-corrected chi connectivity index (χ0v) is 24.0. The standard InChI is InChI=1S/C25H43N5O2Si2/c1-33(2,3)15-13-31-19-29(20-32-14-16-34(4,5)6)25-18-23(28-24-10-12-27-30(24)25)22-8-7-21(17-22)9-11-26/h10,12,18,21-22H,7-9,13-17,19-20H2,1-6H3. The molecular formula is C25H43N5O2Si2. The van der Waals surface area contributed by atoms with Crippen molar-refractivity contribution in [2.45, 2.75) is 83.0 Å². The third-order valence-corrected chi connectivity index (χ3v) is 9.92. The molecule has 0 radical (unpaired) electrons. The van der Waals surface area contributed by atoms with Crippen LogP contribution in [0.3, 0.4) is 0 Å². The van der Waals surface area contributed by atoms with E-state index in [1.54, 1.807) is 6.20 Å². The van der Waals surface area contributed by atoms with Crippen molar-refractivity contribution in [1.29, 1.82) is 5.26 Å². The Morgan fingerprint density at radius 3 is 2.29 bits per heavy atom. The molecule has 9 heteroatoms. The number of fused-ring (bicyclic) bond motifs is 1. The van der Waals surface area contributed by atoms with Gasteiger partial charge in [0, 0.05) is 59.5 Å². The number of nitriles is 1. The Bertz CT molecular complexity index is 939. The summed E-state index contributed by atoms with van der Waals surface area (Å²) in [6.07, 6.45) is 5.66. The molecule has 1 saturated carbocycles. The Morgan fingerprint density at radius 1 is 1.06 bits per heavy atom.